The van der Waals surface area contributed by atoms with Gasteiger partial charge in [0, 0.05) is 53.8 Å². The summed E-state index contributed by atoms with van der Waals surface area (Å²) < 4.78 is 5.47. The molecule has 1 aliphatic carbocycles. The fourth-order valence-corrected chi connectivity index (χ4v) is 3.69. The maximum atomic E-state index is 12.1. The molecule has 0 unspecified atom stereocenters. The van der Waals surface area contributed by atoms with Crippen molar-refractivity contribution in [2.75, 3.05) is 26.3 Å². The van der Waals surface area contributed by atoms with Crippen LogP contribution in [0, 0.1) is 23.7 Å². The normalized spacial score (nSPS) is 19.4. The van der Waals surface area contributed by atoms with Crippen LogP contribution in [-0.2, 0) is 19.1 Å². The lowest BCUT2D eigenvalue weighted by Crippen LogP contribution is -2.33. The smallest absolute Gasteiger partial charge is 0.220 e. The minimum atomic E-state index is -0.00481. The Hall–Kier alpha value is -1.43. The van der Waals surface area contributed by atoms with Crippen LogP contribution in [0.3, 0.4) is 0 Å². The highest BCUT2D eigenvalue weighted by Gasteiger charge is 2.27. The zero-order valence-electron chi connectivity index (χ0n) is 18.9. The van der Waals surface area contributed by atoms with Crippen LogP contribution in [0.25, 0.3) is 0 Å². The second-order valence-electron chi connectivity index (χ2n) is 9.10. The van der Waals surface area contributed by atoms with E-state index >= 15 is 0 Å². The Labute approximate surface area is 179 Å². The molecule has 172 valence electrons. The van der Waals surface area contributed by atoms with Crippen LogP contribution < -0.4 is 10.6 Å². The minimum Gasteiger partial charge on any atom is -0.381 e. The quantitative estimate of drug-likeness (QED) is 0.421. The molecule has 1 aliphatic rings. The van der Waals surface area contributed by atoms with Crippen molar-refractivity contribution in [2.45, 2.75) is 79.1 Å². The molecule has 1 rings (SSSR count). The summed E-state index contributed by atoms with van der Waals surface area (Å²) in [6.07, 6.45) is 6.04. The lowest BCUT2D eigenvalue weighted by atomic mass is 9.78. The van der Waals surface area contributed by atoms with E-state index in [-0.39, 0.29) is 26.5 Å². The summed E-state index contributed by atoms with van der Waals surface area (Å²) in [4.78, 5) is 35.9. The van der Waals surface area contributed by atoms with Crippen molar-refractivity contribution >= 4 is 17.6 Å². The molecule has 0 radical (unpaired) electrons. The van der Waals surface area contributed by atoms with Gasteiger partial charge in [0.1, 0.15) is 5.78 Å². The summed E-state index contributed by atoms with van der Waals surface area (Å²) in [6, 6.07) is 0. The lowest BCUT2D eigenvalue weighted by Gasteiger charge is -2.28. The van der Waals surface area contributed by atoms with Crippen molar-refractivity contribution in [1.82, 2.24) is 10.6 Å². The molecule has 0 heterocycles. The Morgan fingerprint density at radius 2 is 1.55 bits per heavy atom. The summed E-state index contributed by atoms with van der Waals surface area (Å²) in [7, 11) is 0. The van der Waals surface area contributed by atoms with Gasteiger partial charge in [-0.3, -0.25) is 14.4 Å². The molecule has 0 spiro atoms. The largest absolute Gasteiger partial charge is 0.381 e. The van der Waals surface area contributed by atoms with Crippen LogP contribution in [-0.4, -0.2) is 43.9 Å². The first kappa shape index (κ1) is 25.6. The van der Waals surface area contributed by atoms with Gasteiger partial charge in [-0.15, -0.1) is 0 Å². The van der Waals surface area contributed by atoms with Crippen LogP contribution in [0.2, 0.25) is 0 Å². The number of nitrogens with one attached hydrogen (secondary N) is 2. The summed E-state index contributed by atoms with van der Waals surface area (Å²) in [5, 5.41) is 5.87. The molecule has 0 aromatic rings. The Balaban J connectivity index is 0. The third kappa shape index (κ3) is 12.0. The molecule has 29 heavy (non-hydrogen) atoms. The first-order valence-corrected chi connectivity index (χ1v) is 11.4. The van der Waals surface area contributed by atoms with Gasteiger partial charge in [0.05, 0.1) is 0 Å². The predicted octanol–water partition coefficient (Wildman–Crippen LogP) is 3.98. The number of hydrogen-bond acceptors (Lipinski definition) is 4. The first-order valence-electron chi connectivity index (χ1n) is 11.4. The average molecular weight is 415 g/mol. The Morgan fingerprint density at radius 1 is 0.931 bits per heavy atom. The monoisotopic (exact) mass is 414 g/mol. The molecule has 1 fully saturated rings. The van der Waals surface area contributed by atoms with E-state index in [0.717, 1.165) is 38.7 Å². The van der Waals surface area contributed by atoms with Crippen LogP contribution >= 0.6 is 0 Å². The molecule has 2 N–H and O–H groups in total. The van der Waals surface area contributed by atoms with Crippen molar-refractivity contribution in [1.29, 1.82) is 0 Å². The maximum Gasteiger partial charge on any atom is 0.220 e. The van der Waals surface area contributed by atoms with E-state index < -0.39 is 0 Å². The van der Waals surface area contributed by atoms with Gasteiger partial charge in [-0.2, -0.15) is 0 Å². The summed E-state index contributed by atoms with van der Waals surface area (Å²) in [5.41, 5.74) is 0. The summed E-state index contributed by atoms with van der Waals surface area (Å²) in [6.45, 7) is 10.9. The molecule has 0 aromatic carbocycles. The van der Waals surface area contributed by atoms with Crippen molar-refractivity contribution in [3.63, 3.8) is 0 Å². The molecule has 6 heteroatoms. The second kappa shape index (κ2) is 14.5. The number of hydrogen-bond donors (Lipinski definition) is 2. The Morgan fingerprint density at radius 3 is 2.14 bits per heavy atom. The molecular weight excluding hydrogens is 368 g/mol. The van der Waals surface area contributed by atoms with Gasteiger partial charge in [-0.1, -0.05) is 27.7 Å². The van der Waals surface area contributed by atoms with Gasteiger partial charge in [-0.05, 0) is 50.4 Å². The molecule has 0 bridgehead atoms. The number of ketones is 1. The van der Waals surface area contributed by atoms with E-state index in [1.807, 2.05) is 13.8 Å². The van der Waals surface area contributed by atoms with Crippen molar-refractivity contribution in [3.05, 3.63) is 0 Å². The van der Waals surface area contributed by atoms with Gasteiger partial charge in [0.25, 0.3) is 0 Å². The molecule has 0 atom stereocenters. The maximum absolute atomic E-state index is 12.1. The number of carbonyl (C=O) groups is 3. The van der Waals surface area contributed by atoms with E-state index in [0.29, 0.717) is 56.6 Å². The Bertz CT molecular complexity index is 508. The third-order valence-electron chi connectivity index (χ3n) is 5.45. The second-order valence-corrected chi connectivity index (χ2v) is 9.10. The van der Waals surface area contributed by atoms with Crippen LogP contribution in [0.15, 0.2) is 0 Å². The number of ether oxygens (including phenoxy) is 1. The fourth-order valence-electron chi connectivity index (χ4n) is 3.69. The summed E-state index contributed by atoms with van der Waals surface area (Å²) in [5.74, 6) is 1.72. The molecular formula is C23H46N2O4. The first-order chi connectivity index (χ1) is 13.8. The third-order valence-corrected chi connectivity index (χ3v) is 5.45. The molecule has 0 aliphatic heterocycles. The van der Waals surface area contributed by atoms with Gasteiger partial charge in [0.2, 0.25) is 11.8 Å². The zero-order chi connectivity index (χ0) is 21.6. The van der Waals surface area contributed by atoms with E-state index in [1.165, 1.54) is 0 Å². The highest BCUT2D eigenvalue weighted by atomic mass is 16.5. The Kier molecular flexibility index (Phi) is 12.8. The molecule has 0 aromatic heterocycles. The van der Waals surface area contributed by atoms with Crippen LogP contribution in [0.4, 0.5) is 0 Å². The number of carbonyl (C=O) groups excluding carboxylic acids is 3. The molecule has 2 amide bonds. The zero-order valence-corrected chi connectivity index (χ0v) is 18.9. The average Bonchev–Trinajstić information content (AvgIpc) is 2.68. The molecule has 6 nitrogen and oxygen atoms in total. The van der Waals surface area contributed by atoms with E-state index in [1.54, 1.807) is 0 Å². The van der Waals surface area contributed by atoms with Gasteiger partial charge in [0.15, 0.2) is 0 Å². The highest BCUT2D eigenvalue weighted by molar-refractivity contribution is 5.82. The van der Waals surface area contributed by atoms with Crippen LogP contribution in [0.5, 0.6) is 0 Å². The lowest BCUT2D eigenvalue weighted by molar-refractivity contribution is -0.127. The van der Waals surface area contributed by atoms with E-state index in [9.17, 15) is 14.4 Å². The van der Waals surface area contributed by atoms with E-state index in [2.05, 4.69) is 24.5 Å². The number of Topliss-reactive ketones (excluding diaryl/α,β-unsaturated/α-hetero) is 1. The van der Waals surface area contributed by atoms with Gasteiger partial charge in [-0.25, -0.2) is 0 Å². The summed E-state index contributed by atoms with van der Waals surface area (Å²) >= 11 is 0. The van der Waals surface area contributed by atoms with Gasteiger partial charge >= 0.3 is 0 Å². The predicted molar refractivity (Wildman–Crippen MR) is 120 cm³/mol. The highest BCUT2D eigenvalue weighted by Crippen LogP contribution is 2.30. The van der Waals surface area contributed by atoms with Crippen LogP contribution in [0.1, 0.15) is 81.9 Å². The molecule has 1 saturated carbocycles. The van der Waals surface area contributed by atoms with Gasteiger partial charge < -0.3 is 15.4 Å². The number of rotatable bonds is 14. The standard InChI is InChI=1S/C23H42N2O4.2H2/c1-17(2)16-29-14-6-13-24-21(26)7-5-8-22(27)25-15-19-9-11-20(12-10-19)23(28)18(3)4;;/h17-20H,5-16H2,1-4H3,(H,24,26)(H,25,27);2*1H. The minimum absolute atomic E-state index is 0. The number of amides is 2. The topological polar surface area (TPSA) is 84.5 Å². The van der Waals surface area contributed by atoms with Crippen molar-refractivity contribution < 1.29 is 22.0 Å². The van der Waals surface area contributed by atoms with E-state index in [4.69, 9.17) is 4.74 Å². The fraction of sp³-hybridized carbons (Fsp3) is 0.870. The van der Waals surface area contributed by atoms with Crippen molar-refractivity contribution in [2.24, 2.45) is 23.7 Å². The molecule has 0 saturated heterocycles. The SMILES string of the molecule is CC(C)COCCCNC(=O)CCCC(=O)NCC1CCC(C(=O)C(C)C)CC1.[HH].[HH]. The van der Waals surface area contributed by atoms with Crippen molar-refractivity contribution in [3.8, 4) is 0 Å².